The lowest BCUT2D eigenvalue weighted by atomic mass is 9.83. The van der Waals surface area contributed by atoms with Crippen molar-refractivity contribution in [3.05, 3.63) is 50.5 Å². The van der Waals surface area contributed by atoms with Crippen LogP contribution in [0.15, 0.2) is 34.9 Å². The average Bonchev–Trinajstić information content (AvgIpc) is 2.57. The Morgan fingerprint density at radius 3 is 2.42 bits per heavy atom. The van der Waals surface area contributed by atoms with Gasteiger partial charge in [0.25, 0.3) is 0 Å². The molecular weight excluding hydrogens is 379 g/mol. The van der Waals surface area contributed by atoms with Gasteiger partial charge in [-0.2, -0.15) is 5.26 Å². The topological polar surface area (TPSA) is 94.6 Å². The Balaban J connectivity index is 2.66. The Hall–Kier alpha value is -2.36. The molecule has 26 heavy (non-hydrogen) atoms. The number of rotatable bonds is 5. The van der Waals surface area contributed by atoms with Crippen LogP contribution in [0.3, 0.4) is 0 Å². The number of nitrogens with zero attached hydrogens (tertiary/aromatic N) is 1. The molecule has 2 N–H and O–H groups in total. The molecule has 138 valence electrons. The summed E-state index contributed by atoms with van der Waals surface area (Å²) in [5, 5.41) is 10.1. The van der Waals surface area contributed by atoms with E-state index in [1.54, 1.807) is 32.9 Å². The number of halogens is 2. The summed E-state index contributed by atoms with van der Waals surface area (Å²) in [7, 11) is 0. The van der Waals surface area contributed by atoms with Crippen LogP contribution in [0, 0.1) is 11.3 Å². The van der Waals surface area contributed by atoms with Crippen molar-refractivity contribution in [3.8, 4) is 11.8 Å². The highest BCUT2D eigenvalue weighted by Gasteiger charge is 2.37. The zero-order valence-corrected chi connectivity index (χ0v) is 16.1. The fourth-order valence-electron chi connectivity index (χ4n) is 2.72. The number of allylic oxidation sites excluding steroid dienone is 2. The number of carbonyl (C=O) groups excluding carboxylic acids is 1. The number of nitriles is 1. The Labute approximate surface area is 161 Å². The van der Waals surface area contributed by atoms with Crippen LogP contribution in [0.25, 0.3) is 0 Å². The quantitative estimate of drug-likeness (QED) is 0.754. The van der Waals surface area contributed by atoms with Crippen molar-refractivity contribution < 1.29 is 19.0 Å². The SMILES string of the molecule is CCOC(=O)C1=C(C)OC(N)=C(C#N)C1c1cc(Cl)c(OCC)c(Cl)c1. The van der Waals surface area contributed by atoms with Crippen molar-refractivity contribution in [3.63, 3.8) is 0 Å². The molecule has 1 aromatic carbocycles. The van der Waals surface area contributed by atoms with Crippen molar-refractivity contribution in [2.75, 3.05) is 13.2 Å². The predicted molar refractivity (Wildman–Crippen MR) is 97.6 cm³/mol. The van der Waals surface area contributed by atoms with Gasteiger partial charge in [0.15, 0.2) is 5.75 Å². The third-order valence-corrected chi connectivity index (χ3v) is 4.31. The molecule has 1 atom stereocenters. The molecule has 6 nitrogen and oxygen atoms in total. The second-order valence-electron chi connectivity index (χ2n) is 5.36. The lowest BCUT2D eigenvalue weighted by Gasteiger charge is -2.27. The van der Waals surface area contributed by atoms with E-state index in [9.17, 15) is 10.1 Å². The van der Waals surface area contributed by atoms with Gasteiger partial charge in [-0.15, -0.1) is 0 Å². The molecule has 0 spiro atoms. The largest absolute Gasteiger partial charge is 0.491 e. The maximum Gasteiger partial charge on any atom is 0.338 e. The minimum Gasteiger partial charge on any atom is -0.491 e. The van der Waals surface area contributed by atoms with Crippen LogP contribution in [0.4, 0.5) is 0 Å². The molecule has 0 saturated carbocycles. The molecule has 1 aromatic rings. The second kappa shape index (κ2) is 8.35. The van der Waals surface area contributed by atoms with Gasteiger partial charge in [0, 0.05) is 0 Å². The van der Waals surface area contributed by atoms with E-state index >= 15 is 0 Å². The number of carbonyl (C=O) groups is 1. The number of esters is 1. The maximum absolute atomic E-state index is 12.5. The first-order chi connectivity index (χ1) is 12.3. The Morgan fingerprint density at radius 2 is 1.92 bits per heavy atom. The molecule has 0 saturated heterocycles. The predicted octanol–water partition coefficient (Wildman–Crippen LogP) is 4.04. The number of hydrogen-bond donors (Lipinski definition) is 1. The first-order valence-corrected chi connectivity index (χ1v) is 8.68. The summed E-state index contributed by atoms with van der Waals surface area (Å²) in [5.41, 5.74) is 6.62. The van der Waals surface area contributed by atoms with Gasteiger partial charge in [-0.25, -0.2) is 4.79 Å². The first kappa shape index (κ1) is 20.0. The molecule has 1 heterocycles. The maximum atomic E-state index is 12.5. The minimum atomic E-state index is -0.807. The molecule has 0 amide bonds. The van der Waals surface area contributed by atoms with E-state index in [0.29, 0.717) is 17.9 Å². The van der Waals surface area contributed by atoms with Crippen molar-refractivity contribution in [2.45, 2.75) is 26.7 Å². The highest BCUT2D eigenvalue weighted by atomic mass is 35.5. The van der Waals surface area contributed by atoms with Crippen LogP contribution in [-0.2, 0) is 14.3 Å². The Morgan fingerprint density at radius 1 is 1.31 bits per heavy atom. The molecule has 2 rings (SSSR count). The monoisotopic (exact) mass is 396 g/mol. The zero-order chi connectivity index (χ0) is 19.4. The molecule has 0 bridgehead atoms. The number of ether oxygens (including phenoxy) is 3. The highest BCUT2D eigenvalue weighted by molar-refractivity contribution is 6.37. The van der Waals surface area contributed by atoms with Gasteiger partial charge < -0.3 is 19.9 Å². The van der Waals surface area contributed by atoms with E-state index in [0.717, 1.165) is 0 Å². The summed E-state index contributed by atoms with van der Waals surface area (Å²) in [6.07, 6.45) is 0. The standard InChI is InChI=1S/C18H18Cl2N2O4/c1-4-24-16-12(19)6-10(7-13(16)20)15-11(8-21)17(22)26-9(3)14(15)18(23)25-5-2/h6-7,15H,4-5,22H2,1-3H3. The number of benzene rings is 1. The van der Waals surface area contributed by atoms with E-state index in [1.807, 2.05) is 6.07 Å². The third-order valence-electron chi connectivity index (χ3n) is 3.74. The molecular formula is C18H18Cl2N2O4. The van der Waals surface area contributed by atoms with Crippen molar-refractivity contribution in [2.24, 2.45) is 5.73 Å². The highest BCUT2D eigenvalue weighted by Crippen LogP contribution is 2.43. The molecule has 1 aliphatic rings. The lowest BCUT2D eigenvalue weighted by Crippen LogP contribution is -2.25. The van der Waals surface area contributed by atoms with Crippen molar-refractivity contribution in [1.29, 1.82) is 5.26 Å². The molecule has 1 unspecified atom stereocenters. The second-order valence-corrected chi connectivity index (χ2v) is 6.18. The summed E-state index contributed by atoms with van der Waals surface area (Å²) in [6, 6.07) is 5.18. The van der Waals surface area contributed by atoms with Crippen LogP contribution >= 0.6 is 23.2 Å². The summed E-state index contributed by atoms with van der Waals surface area (Å²) >= 11 is 12.6. The van der Waals surface area contributed by atoms with E-state index in [1.165, 1.54) is 0 Å². The van der Waals surface area contributed by atoms with Gasteiger partial charge in [-0.3, -0.25) is 0 Å². The van der Waals surface area contributed by atoms with Crippen LogP contribution in [0.1, 0.15) is 32.3 Å². The van der Waals surface area contributed by atoms with Gasteiger partial charge in [-0.05, 0) is 38.5 Å². The Bertz CT molecular complexity index is 817. The van der Waals surface area contributed by atoms with Crippen molar-refractivity contribution >= 4 is 29.2 Å². The molecule has 0 aliphatic carbocycles. The van der Waals surface area contributed by atoms with Crippen LogP contribution in [0.5, 0.6) is 5.75 Å². The summed E-state index contributed by atoms with van der Waals surface area (Å²) < 4.78 is 15.9. The molecule has 8 heteroatoms. The minimum absolute atomic E-state index is 0.0787. The normalized spacial score (nSPS) is 16.8. The third kappa shape index (κ3) is 3.74. The summed E-state index contributed by atoms with van der Waals surface area (Å²) in [4.78, 5) is 12.5. The van der Waals surface area contributed by atoms with E-state index < -0.39 is 11.9 Å². The summed E-state index contributed by atoms with van der Waals surface area (Å²) in [6.45, 7) is 5.64. The van der Waals surface area contributed by atoms with E-state index in [2.05, 4.69) is 0 Å². The lowest BCUT2D eigenvalue weighted by molar-refractivity contribution is -0.139. The molecule has 0 aromatic heterocycles. The van der Waals surface area contributed by atoms with Gasteiger partial charge in [-0.1, -0.05) is 23.2 Å². The van der Waals surface area contributed by atoms with E-state index in [4.69, 9.17) is 43.1 Å². The fraction of sp³-hybridized carbons (Fsp3) is 0.333. The fourth-order valence-corrected chi connectivity index (χ4v) is 3.33. The van der Waals surface area contributed by atoms with Crippen molar-refractivity contribution in [1.82, 2.24) is 0 Å². The first-order valence-electron chi connectivity index (χ1n) is 7.92. The van der Waals surface area contributed by atoms with Gasteiger partial charge in [0.1, 0.15) is 17.4 Å². The zero-order valence-electron chi connectivity index (χ0n) is 14.6. The molecule has 0 radical (unpaired) electrons. The average molecular weight is 397 g/mol. The molecule has 1 aliphatic heterocycles. The van der Waals surface area contributed by atoms with E-state index in [-0.39, 0.29) is 39.4 Å². The number of nitrogens with two attached hydrogens (primary N) is 1. The summed E-state index contributed by atoms with van der Waals surface area (Å²) in [5.74, 6) is -0.898. The molecule has 0 fully saturated rings. The van der Waals surface area contributed by atoms with Gasteiger partial charge >= 0.3 is 5.97 Å². The van der Waals surface area contributed by atoms with Crippen LogP contribution in [0.2, 0.25) is 10.0 Å². The van der Waals surface area contributed by atoms with Crippen LogP contribution in [-0.4, -0.2) is 19.2 Å². The smallest absolute Gasteiger partial charge is 0.338 e. The van der Waals surface area contributed by atoms with Crippen LogP contribution < -0.4 is 10.5 Å². The number of hydrogen-bond acceptors (Lipinski definition) is 6. The van der Waals surface area contributed by atoms with Gasteiger partial charge in [0.05, 0.1) is 34.8 Å². The Kier molecular flexibility index (Phi) is 6.41. The van der Waals surface area contributed by atoms with Gasteiger partial charge in [0.2, 0.25) is 5.88 Å².